The van der Waals surface area contributed by atoms with E-state index in [0.29, 0.717) is 5.39 Å². The summed E-state index contributed by atoms with van der Waals surface area (Å²) in [6.45, 7) is 0. The number of rotatable bonds is 7. The van der Waals surface area contributed by atoms with E-state index in [4.69, 9.17) is 5.73 Å². The molecule has 0 fully saturated rings. The molecule has 0 bridgehead atoms. The van der Waals surface area contributed by atoms with Crippen molar-refractivity contribution in [2.24, 2.45) is 5.73 Å². The van der Waals surface area contributed by atoms with E-state index in [9.17, 15) is 23.1 Å². The zero-order valence-corrected chi connectivity index (χ0v) is 12.9. The Bertz CT molecular complexity index is 848. The molecule has 0 saturated heterocycles. The summed E-state index contributed by atoms with van der Waals surface area (Å²) in [6, 6.07) is 10.1. The third-order valence-electron chi connectivity index (χ3n) is 3.29. The number of benzene rings is 2. The summed E-state index contributed by atoms with van der Waals surface area (Å²) in [5.74, 6) is -2.34. The molecule has 0 spiro atoms. The number of carbonyl (C=O) groups excluding carboxylic acids is 2. The molecule has 3 N–H and O–H groups in total. The Labute approximate surface area is 133 Å². The van der Waals surface area contributed by atoms with E-state index in [1.54, 1.807) is 18.2 Å². The van der Waals surface area contributed by atoms with Gasteiger partial charge in [-0.15, -0.1) is 0 Å². The molecule has 0 aliphatic heterocycles. The molecule has 0 saturated carbocycles. The first kappa shape index (κ1) is 16.9. The molecule has 7 nitrogen and oxygen atoms in total. The van der Waals surface area contributed by atoms with Crippen molar-refractivity contribution in [2.75, 3.05) is 0 Å². The lowest BCUT2D eigenvalue weighted by Crippen LogP contribution is -2.48. The van der Waals surface area contributed by atoms with Crippen LogP contribution in [0.25, 0.3) is 10.8 Å². The number of aliphatic carboxylic acids is 1. The number of carbonyl (C=O) groups is 2. The van der Waals surface area contributed by atoms with Crippen molar-refractivity contribution in [3.05, 3.63) is 42.5 Å². The van der Waals surface area contributed by atoms with Gasteiger partial charge >= 0.3 is 0 Å². The fraction of sp³-hybridized carbons (Fsp3) is 0.200. The zero-order valence-electron chi connectivity index (χ0n) is 12.1. The van der Waals surface area contributed by atoms with E-state index >= 15 is 0 Å². The first-order chi connectivity index (χ1) is 10.8. The highest BCUT2D eigenvalue weighted by Crippen LogP contribution is 2.19. The highest BCUT2D eigenvalue weighted by Gasteiger charge is 2.21. The van der Waals surface area contributed by atoms with Gasteiger partial charge in [0.25, 0.3) is 0 Å². The first-order valence-electron chi connectivity index (χ1n) is 6.80. The number of carboxylic acid groups (broad SMARTS) is 1. The van der Waals surface area contributed by atoms with E-state index in [0.717, 1.165) is 5.39 Å². The molecule has 1 atom stereocenters. The molecule has 2 aromatic rings. The number of fused-ring (bicyclic) bond motifs is 1. The van der Waals surface area contributed by atoms with Gasteiger partial charge in [0.2, 0.25) is 15.9 Å². The summed E-state index contributed by atoms with van der Waals surface area (Å²) in [5, 5.41) is 12.6. The van der Waals surface area contributed by atoms with Gasteiger partial charge in [-0.1, -0.05) is 30.3 Å². The van der Waals surface area contributed by atoms with E-state index in [-0.39, 0.29) is 17.7 Å². The van der Waals surface area contributed by atoms with Gasteiger partial charge in [0.05, 0.1) is 16.9 Å². The maximum Gasteiger partial charge on any atom is 0.241 e. The molecule has 0 aliphatic rings. The van der Waals surface area contributed by atoms with E-state index in [2.05, 4.69) is 0 Å². The molecule has 0 heterocycles. The largest absolute Gasteiger partial charge is 0.548 e. The summed E-state index contributed by atoms with van der Waals surface area (Å²) < 4.78 is 26.7. The van der Waals surface area contributed by atoms with Crippen LogP contribution in [0.1, 0.15) is 12.8 Å². The number of nitrogens with two attached hydrogens (primary N) is 1. The summed E-state index contributed by atoms with van der Waals surface area (Å²) in [4.78, 5) is 21.7. The van der Waals surface area contributed by atoms with Crippen LogP contribution in [0.3, 0.4) is 0 Å². The molecular formula is C15H15N2O5S-. The Morgan fingerprint density at radius 3 is 2.39 bits per heavy atom. The summed E-state index contributed by atoms with van der Waals surface area (Å²) >= 11 is 0. The van der Waals surface area contributed by atoms with Gasteiger partial charge < -0.3 is 15.6 Å². The van der Waals surface area contributed by atoms with E-state index in [1.807, 2.05) is 16.9 Å². The molecule has 122 valence electrons. The molecule has 8 heteroatoms. The van der Waals surface area contributed by atoms with Gasteiger partial charge in [-0.3, -0.25) is 4.79 Å². The monoisotopic (exact) mass is 335 g/mol. The molecule has 0 aromatic heterocycles. The maximum absolute atomic E-state index is 12.3. The van der Waals surface area contributed by atoms with Gasteiger partial charge in [-0.25, -0.2) is 13.1 Å². The third kappa shape index (κ3) is 4.27. The van der Waals surface area contributed by atoms with Crippen molar-refractivity contribution < 1.29 is 23.1 Å². The van der Waals surface area contributed by atoms with Crippen LogP contribution in [0, 0.1) is 0 Å². The van der Waals surface area contributed by atoms with Crippen LogP contribution in [-0.2, 0) is 19.6 Å². The van der Waals surface area contributed by atoms with Crippen LogP contribution in [0.5, 0.6) is 0 Å². The molecule has 2 rings (SSSR count). The summed E-state index contributed by atoms with van der Waals surface area (Å²) in [5.41, 5.74) is 4.95. The number of hydrogen-bond donors (Lipinski definition) is 2. The van der Waals surface area contributed by atoms with Gasteiger partial charge in [0.1, 0.15) is 0 Å². The van der Waals surface area contributed by atoms with Gasteiger partial charge in [0, 0.05) is 6.42 Å². The summed E-state index contributed by atoms with van der Waals surface area (Å²) in [7, 11) is -4.07. The number of primary amides is 1. The second-order valence-corrected chi connectivity index (χ2v) is 6.72. The Morgan fingerprint density at radius 1 is 1.13 bits per heavy atom. The highest BCUT2D eigenvalue weighted by atomic mass is 32.2. The topological polar surface area (TPSA) is 129 Å². The SMILES string of the molecule is NC(=O)CC[C@@H](NS(=O)(=O)c1ccc2ccccc2c1)C(=O)[O-]. The second kappa shape index (κ2) is 6.76. The predicted molar refractivity (Wildman–Crippen MR) is 81.5 cm³/mol. The van der Waals surface area contributed by atoms with Gasteiger partial charge in [0.15, 0.2) is 0 Å². The van der Waals surface area contributed by atoms with Crippen molar-refractivity contribution >= 4 is 32.7 Å². The van der Waals surface area contributed by atoms with E-state index < -0.39 is 27.9 Å². The molecule has 23 heavy (non-hydrogen) atoms. The van der Waals surface area contributed by atoms with Gasteiger partial charge in [-0.2, -0.15) is 0 Å². The van der Waals surface area contributed by atoms with Crippen LogP contribution in [0.15, 0.2) is 47.4 Å². The highest BCUT2D eigenvalue weighted by molar-refractivity contribution is 7.89. The normalized spacial score (nSPS) is 12.9. The zero-order chi connectivity index (χ0) is 17.0. The van der Waals surface area contributed by atoms with Crippen LogP contribution >= 0.6 is 0 Å². The second-order valence-electron chi connectivity index (χ2n) is 5.01. The molecule has 1 amide bonds. The summed E-state index contributed by atoms with van der Waals surface area (Å²) in [6.07, 6.45) is -0.538. The number of hydrogen-bond acceptors (Lipinski definition) is 5. The van der Waals surface area contributed by atoms with E-state index in [1.165, 1.54) is 12.1 Å². The van der Waals surface area contributed by atoms with Crippen molar-refractivity contribution in [1.82, 2.24) is 4.72 Å². The lowest BCUT2D eigenvalue weighted by molar-refractivity contribution is -0.308. The minimum absolute atomic E-state index is 0.0680. The molecular weight excluding hydrogens is 320 g/mol. The van der Waals surface area contributed by atoms with Crippen LogP contribution in [-0.4, -0.2) is 26.3 Å². The average molecular weight is 335 g/mol. The number of carboxylic acids is 1. The average Bonchev–Trinajstić information content (AvgIpc) is 2.50. The Hall–Kier alpha value is -2.45. The number of sulfonamides is 1. The maximum atomic E-state index is 12.3. The Balaban J connectivity index is 2.27. The smallest absolute Gasteiger partial charge is 0.241 e. The number of amides is 1. The van der Waals surface area contributed by atoms with Crippen molar-refractivity contribution in [2.45, 2.75) is 23.8 Å². The number of nitrogens with one attached hydrogen (secondary N) is 1. The minimum atomic E-state index is -4.07. The van der Waals surface area contributed by atoms with Gasteiger partial charge in [-0.05, 0) is 29.3 Å². The lowest BCUT2D eigenvalue weighted by Gasteiger charge is -2.19. The van der Waals surface area contributed by atoms with Crippen LogP contribution in [0.2, 0.25) is 0 Å². The van der Waals surface area contributed by atoms with Crippen LogP contribution < -0.4 is 15.6 Å². The minimum Gasteiger partial charge on any atom is -0.548 e. The first-order valence-corrected chi connectivity index (χ1v) is 8.28. The van der Waals surface area contributed by atoms with Crippen LogP contribution in [0.4, 0.5) is 0 Å². The molecule has 0 unspecified atom stereocenters. The lowest BCUT2D eigenvalue weighted by atomic mass is 10.1. The van der Waals surface area contributed by atoms with Crippen molar-refractivity contribution in [3.63, 3.8) is 0 Å². The predicted octanol–water partition coefficient (Wildman–Crippen LogP) is -0.498. The van der Waals surface area contributed by atoms with Crippen molar-refractivity contribution in [1.29, 1.82) is 0 Å². The fourth-order valence-corrected chi connectivity index (χ4v) is 3.36. The Kier molecular flexibility index (Phi) is 4.97. The van der Waals surface area contributed by atoms with Crippen molar-refractivity contribution in [3.8, 4) is 0 Å². The fourth-order valence-electron chi connectivity index (χ4n) is 2.10. The Morgan fingerprint density at radius 2 is 1.78 bits per heavy atom. The molecule has 2 aromatic carbocycles. The third-order valence-corrected chi connectivity index (χ3v) is 4.76. The standard InChI is InChI=1S/C15H16N2O5S/c16-14(18)8-7-13(15(19)20)17-23(21,22)12-6-5-10-3-1-2-4-11(10)9-12/h1-6,9,13,17H,7-8H2,(H2,16,18)(H,19,20)/p-1/t13-/m1/s1. The molecule has 0 aliphatic carbocycles. The quantitative estimate of drug-likeness (QED) is 0.705. The molecule has 0 radical (unpaired) electrons.